The highest BCUT2D eigenvalue weighted by Crippen LogP contribution is 2.21. The van der Waals surface area contributed by atoms with Gasteiger partial charge in [-0.3, -0.25) is 9.59 Å². The maximum Gasteiger partial charge on any atom is 0.266 e. The summed E-state index contributed by atoms with van der Waals surface area (Å²) in [4.78, 5) is 30.2. The molecule has 1 unspecified atom stereocenters. The van der Waals surface area contributed by atoms with Gasteiger partial charge in [-0.05, 0) is 42.5 Å². The quantitative estimate of drug-likeness (QED) is 0.559. The van der Waals surface area contributed by atoms with Gasteiger partial charge in [0.15, 0.2) is 17.1 Å². The first-order valence-corrected chi connectivity index (χ1v) is 8.61. The summed E-state index contributed by atoms with van der Waals surface area (Å²) in [6.45, 7) is 1.17. The molecule has 1 aromatic carbocycles. The molecule has 0 spiro atoms. The molecule has 26 heavy (non-hydrogen) atoms. The number of hydrogen-bond acceptors (Lipinski definition) is 6. The van der Waals surface area contributed by atoms with Crippen molar-refractivity contribution in [2.24, 2.45) is 0 Å². The van der Waals surface area contributed by atoms with Crippen molar-refractivity contribution in [3.8, 4) is 0 Å². The average molecular weight is 372 g/mol. The molecule has 2 aromatic heterocycles. The number of ketones is 1. The van der Waals surface area contributed by atoms with Crippen molar-refractivity contribution in [3.63, 3.8) is 0 Å². The molecule has 1 aliphatic rings. The Hall–Kier alpha value is -2.71. The number of rotatable bonds is 4. The normalized spacial score (nSPS) is 17.5. The number of amides is 1. The van der Waals surface area contributed by atoms with E-state index in [1.54, 1.807) is 35.2 Å². The largest absolute Gasteiger partial charge is 0.461 e. The third-order valence-corrected chi connectivity index (χ3v) is 4.56. The highest BCUT2D eigenvalue weighted by Gasteiger charge is 2.31. The molecule has 0 bridgehead atoms. The Morgan fingerprint density at radius 3 is 3.00 bits per heavy atom. The Morgan fingerprint density at radius 2 is 2.19 bits per heavy atom. The molecule has 4 rings (SSSR count). The minimum absolute atomic E-state index is 0.145. The maximum atomic E-state index is 13.0. The number of carbonyl (C=O) groups excluding carboxylic acids is 2. The van der Waals surface area contributed by atoms with Crippen LogP contribution in [0.3, 0.4) is 0 Å². The number of morpholine rings is 1. The smallest absolute Gasteiger partial charge is 0.266 e. The van der Waals surface area contributed by atoms with Crippen LogP contribution in [-0.4, -0.2) is 47.4 Å². The maximum absolute atomic E-state index is 13.0. The topological polar surface area (TPSA) is 88.7 Å². The molecule has 134 valence electrons. The van der Waals surface area contributed by atoms with Crippen molar-refractivity contribution < 1.29 is 23.2 Å². The zero-order valence-corrected chi connectivity index (χ0v) is 14.6. The SMILES string of the molecule is O=C(CC1COCCN1C(=O)c1ccc2[nH]c(=S)oc2c1)c1ccco1. The molecule has 7 nitrogen and oxygen atoms in total. The van der Waals surface area contributed by atoms with E-state index in [0.717, 1.165) is 5.52 Å². The number of aromatic nitrogens is 1. The van der Waals surface area contributed by atoms with E-state index in [2.05, 4.69) is 4.98 Å². The molecule has 1 N–H and O–H groups in total. The molecule has 1 saturated heterocycles. The monoisotopic (exact) mass is 372 g/mol. The number of furan rings is 1. The molecular formula is C18H16N2O5S. The van der Waals surface area contributed by atoms with Crippen LogP contribution in [0.15, 0.2) is 45.4 Å². The second-order valence-corrected chi connectivity index (χ2v) is 6.43. The molecule has 1 amide bonds. The van der Waals surface area contributed by atoms with E-state index in [4.69, 9.17) is 25.8 Å². The Bertz CT molecular complexity index is 1000. The van der Waals surface area contributed by atoms with Gasteiger partial charge in [-0.1, -0.05) is 0 Å². The summed E-state index contributed by atoms with van der Waals surface area (Å²) in [5, 5.41) is 0. The van der Waals surface area contributed by atoms with Gasteiger partial charge in [0, 0.05) is 18.5 Å². The van der Waals surface area contributed by atoms with E-state index in [-0.39, 0.29) is 34.8 Å². The molecule has 1 aliphatic heterocycles. The van der Waals surface area contributed by atoms with Crippen LogP contribution in [0.1, 0.15) is 27.3 Å². The number of hydrogen-bond donors (Lipinski definition) is 1. The summed E-state index contributed by atoms with van der Waals surface area (Å²) in [6, 6.07) is 8.06. The van der Waals surface area contributed by atoms with E-state index in [9.17, 15) is 9.59 Å². The number of carbonyl (C=O) groups is 2. The second kappa shape index (κ2) is 6.89. The molecule has 1 fully saturated rings. The van der Waals surface area contributed by atoms with Crippen LogP contribution in [-0.2, 0) is 4.74 Å². The first kappa shape index (κ1) is 16.7. The fourth-order valence-corrected chi connectivity index (χ4v) is 3.29. The van der Waals surface area contributed by atoms with Crippen LogP contribution in [0.25, 0.3) is 11.1 Å². The van der Waals surface area contributed by atoms with Crippen molar-refractivity contribution in [2.75, 3.05) is 19.8 Å². The number of benzene rings is 1. The zero-order chi connectivity index (χ0) is 18.1. The van der Waals surface area contributed by atoms with Crippen LogP contribution in [0.4, 0.5) is 0 Å². The lowest BCUT2D eigenvalue weighted by atomic mass is 10.0. The average Bonchev–Trinajstić information content (AvgIpc) is 3.29. The molecule has 0 aliphatic carbocycles. The van der Waals surface area contributed by atoms with Crippen molar-refractivity contribution >= 4 is 35.0 Å². The lowest BCUT2D eigenvalue weighted by molar-refractivity contribution is -0.00303. The van der Waals surface area contributed by atoms with E-state index in [0.29, 0.717) is 30.9 Å². The summed E-state index contributed by atoms with van der Waals surface area (Å²) in [5.41, 5.74) is 1.74. The minimum atomic E-state index is -0.345. The molecule has 3 aromatic rings. The van der Waals surface area contributed by atoms with Crippen LogP contribution >= 0.6 is 12.2 Å². The first-order chi connectivity index (χ1) is 12.6. The van der Waals surface area contributed by atoms with Gasteiger partial charge in [-0.2, -0.15) is 0 Å². The van der Waals surface area contributed by atoms with Gasteiger partial charge in [-0.15, -0.1) is 0 Å². The van der Waals surface area contributed by atoms with Crippen LogP contribution in [0, 0.1) is 4.84 Å². The minimum Gasteiger partial charge on any atom is -0.461 e. The predicted molar refractivity (Wildman–Crippen MR) is 94.7 cm³/mol. The zero-order valence-electron chi connectivity index (χ0n) is 13.8. The van der Waals surface area contributed by atoms with Gasteiger partial charge >= 0.3 is 0 Å². The van der Waals surface area contributed by atoms with Crippen molar-refractivity contribution in [1.82, 2.24) is 9.88 Å². The van der Waals surface area contributed by atoms with E-state index in [1.807, 2.05) is 0 Å². The number of nitrogens with zero attached hydrogens (tertiary/aromatic N) is 1. The standard InChI is InChI=1S/C18H16N2O5S/c21-14(15-2-1-6-24-15)9-12-10-23-7-5-20(12)17(22)11-3-4-13-16(8-11)25-18(26)19-13/h1-4,6,8,12H,5,7,9-10H2,(H,19,26). The third kappa shape index (κ3) is 3.21. The predicted octanol–water partition coefficient (Wildman–Crippen LogP) is 3.20. The summed E-state index contributed by atoms with van der Waals surface area (Å²) < 4.78 is 16.0. The Balaban J connectivity index is 1.57. The molecular weight excluding hydrogens is 356 g/mol. The van der Waals surface area contributed by atoms with Crippen LogP contribution < -0.4 is 0 Å². The number of H-pyrrole nitrogens is 1. The van der Waals surface area contributed by atoms with Gasteiger partial charge in [0.2, 0.25) is 0 Å². The van der Waals surface area contributed by atoms with Gasteiger partial charge in [0.1, 0.15) is 0 Å². The molecule has 8 heteroatoms. The van der Waals surface area contributed by atoms with Crippen LogP contribution in [0.5, 0.6) is 0 Å². The van der Waals surface area contributed by atoms with Gasteiger partial charge in [0.25, 0.3) is 10.7 Å². The highest BCUT2D eigenvalue weighted by atomic mass is 32.1. The molecule has 3 heterocycles. The number of aromatic amines is 1. The van der Waals surface area contributed by atoms with Gasteiger partial charge in [0.05, 0.1) is 31.0 Å². The Kier molecular flexibility index (Phi) is 4.44. The molecule has 0 radical (unpaired) electrons. The number of Topliss-reactive ketones (excluding diaryl/α,β-unsaturated/α-hetero) is 1. The number of nitrogens with one attached hydrogen (secondary N) is 1. The van der Waals surface area contributed by atoms with Crippen molar-refractivity contribution in [1.29, 1.82) is 0 Å². The van der Waals surface area contributed by atoms with Crippen molar-refractivity contribution in [2.45, 2.75) is 12.5 Å². The summed E-state index contributed by atoms with van der Waals surface area (Å²) in [6.07, 6.45) is 1.60. The summed E-state index contributed by atoms with van der Waals surface area (Å²) in [5.74, 6) is -0.0432. The lowest BCUT2D eigenvalue weighted by Crippen LogP contribution is -2.49. The lowest BCUT2D eigenvalue weighted by Gasteiger charge is -2.35. The van der Waals surface area contributed by atoms with E-state index in [1.165, 1.54) is 6.26 Å². The Morgan fingerprint density at radius 1 is 1.31 bits per heavy atom. The number of fused-ring (bicyclic) bond motifs is 1. The van der Waals surface area contributed by atoms with Crippen molar-refractivity contribution in [3.05, 3.63) is 52.8 Å². The third-order valence-electron chi connectivity index (χ3n) is 4.37. The van der Waals surface area contributed by atoms with E-state index >= 15 is 0 Å². The fourth-order valence-electron chi connectivity index (χ4n) is 3.09. The summed E-state index contributed by atoms with van der Waals surface area (Å²) in [7, 11) is 0. The first-order valence-electron chi connectivity index (χ1n) is 8.20. The molecule has 1 atom stereocenters. The summed E-state index contributed by atoms with van der Waals surface area (Å²) >= 11 is 4.97. The van der Waals surface area contributed by atoms with E-state index < -0.39 is 0 Å². The fraction of sp³-hybridized carbons (Fsp3) is 0.278. The molecule has 0 saturated carbocycles. The van der Waals surface area contributed by atoms with Gasteiger partial charge < -0.3 is 23.5 Å². The highest BCUT2D eigenvalue weighted by molar-refractivity contribution is 7.71. The number of oxazole rings is 1. The Labute approximate surface area is 153 Å². The van der Waals surface area contributed by atoms with Gasteiger partial charge in [-0.25, -0.2) is 0 Å². The van der Waals surface area contributed by atoms with Crippen LogP contribution in [0.2, 0.25) is 0 Å². The number of ether oxygens (including phenoxy) is 1. The second-order valence-electron chi connectivity index (χ2n) is 6.06.